The molecular weight excluding hydrogens is 266 g/mol. The van der Waals surface area contributed by atoms with Crippen LogP contribution in [0.15, 0.2) is 12.1 Å². The van der Waals surface area contributed by atoms with Crippen molar-refractivity contribution in [2.75, 3.05) is 18.0 Å². The van der Waals surface area contributed by atoms with Gasteiger partial charge in [-0.25, -0.2) is 4.98 Å². The summed E-state index contributed by atoms with van der Waals surface area (Å²) < 4.78 is 0. The fourth-order valence-electron chi connectivity index (χ4n) is 2.57. The van der Waals surface area contributed by atoms with Gasteiger partial charge in [0.1, 0.15) is 5.15 Å². The lowest BCUT2D eigenvalue weighted by atomic mass is 9.87. The maximum atomic E-state index is 11.0. The highest BCUT2D eigenvalue weighted by atomic mass is 35.5. The number of nitrogens with zero attached hydrogens (tertiary/aromatic N) is 3. The standard InChI is InChI=1S/C13H18ClN3O2/c1-9(2)10-5-7-16(8-6-10)13-11(17(18)19)3-4-12(14)15-13/h3-4,9-10H,5-8H2,1-2H3. The van der Waals surface area contributed by atoms with Crippen molar-refractivity contribution in [3.63, 3.8) is 0 Å². The predicted molar refractivity (Wildman–Crippen MR) is 75.7 cm³/mol. The van der Waals surface area contributed by atoms with E-state index in [0.717, 1.165) is 25.9 Å². The van der Waals surface area contributed by atoms with Gasteiger partial charge in [0.25, 0.3) is 0 Å². The molecule has 1 fully saturated rings. The molecule has 1 aliphatic rings. The van der Waals surface area contributed by atoms with Crippen LogP contribution in [0.25, 0.3) is 0 Å². The molecule has 0 atom stereocenters. The van der Waals surface area contributed by atoms with E-state index in [1.165, 1.54) is 12.1 Å². The number of hydrogen-bond donors (Lipinski definition) is 0. The second kappa shape index (κ2) is 5.74. The number of pyridine rings is 1. The van der Waals surface area contributed by atoms with Gasteiger partial charge < -0.3 is 4.90 Å². The highest BCUT2D eigenvalue weighted by Gasteiger charge is 2.27. The van der Waals surface area contributed by atoms with Crippen molar-refractivity contribution in [2.24, 2.45) is 11.8 Å². The van der Waals surface area contributed by atoms with Gasteiger partial charge in [-0.05, 0) is 30.7 Å². The van der Waals surface area contributed by atoms with Gasteiger partial charge >= 0.3 is 5.69 Å². The Balaban J connectivity index is 2.19. The maximum Gasteiger partial charge on any atom is 0.311 e. The van der Waals surface area contributed by atoms with E-state index in [1.807, 2.05) is 4.90 Å². The van der Waals surface area contributed by atoms with Crippen LogP contribution in [0.4, 0.5) is 11.5 Å². The van der Waals surface area contributed by atoms with Crippen LogP contribution in [0.1, 0.15) is 26.7 Å². The van der Waals surface area contributed by atoms with Crippen LogP contribution in [0.5, 0.6) is 0 Å². The van der Waals surface area contributed by atoms with Crippen LogP contribution in [-0.2, 0) is 0 Å². The Bertz CT molecular complexity index is 471. The summed E-state index contributed by atoms with van der Waals surface area (Å²) in [7, 11) is 0. The second-order valence-corrected chi connectivity index (χ2v) is 5.69. The number of halogens is 1. The summed E-state index contributed by atoms with van der Waals surface area (Å²) in [5, 5.41) is 11.3. The van der Waals surface area contributed by atoms with Gasteiger partial charge in [-0.2, -0.15) is 0 Å². The molecule has 2 heterocycles. The quantitative estimate of drug-likeness (QED) is 0.484. The van der Waals surface area contributed by atoms with E-state index in [0.29, 0.717) is 22.8 Å². The minimum absolute atomic E-state index is 0.0346. The lowest BCUT2D eigenvalue weighted by molar-refractivity contribution is -0.384. The van der Waals surface area contributed by atoms with Gasteiger partial charge in [0, 0.05) is 19.2 Å². The average molecular weight is 284 g/mol. The summed E-state index contributed by atoms with van der Waals surface area (Å²) in [5.41, 5.74) is 0.0346. The molecule has 5 nitrogen and oxygen atoms in total. The molecule has 0 spiro atoms. The first kappa shape index (κ1) is 14.1. The van der Waals surface area contributed by atoms with Crippen molar-refractivity contribution in [3.8, 4) is 0 Å². The van der Waals surface area contributed by atoms with Gasteiger partial charge in [-0.15, -0.1) is 0 Å². The molecular formula is C13H18ClN3O2. The molecule has 1 aliphatic heterocycles. The average Bonchev–Trinajstić information content (AvgIpc) is 2.38. The maximum absolute atomic E-state index is 11.0. The third-order valence-corrected chi connectivity index (χ3v) is 4.01. The van der Waals surface area contributed by atoms with E-state index < -0.39 is 4.92 Å². The van der Waals surface area contributed by atoms with E-state index in [-0.39, 0.29) is 5.69 Å². The Morgan fingerprint density at radius 2 is 2.05 bits per heavy atom. The van der Waals surface area contributed by atoms with Crippen LogP contribution in [0.3, 0.4) is 0 Å². The Labute approximate surface area is 117 Å². The summed E-state index contributed by atoms with van der Waals surface area (Å²) in [4.78, 5) is 16.8. The lowest BCUT2D eigenvalue weighted by Crippen LogP contribution is -2.36. The molecule has 0 amide bonds. The van der Waals surface area contributed by atoms with Crippen molar-refractivity contribution in [3.05, 3.63) is 27.4 Å². The first-order valence-corrected chi connectivity index (χ1v) is 6.92. The van der Waals surface area contributed by atoms with Gasteiger partial charge in [-0.3, -0.25) is 10.1 Å². The number of hydrogen-bond acceptors (Lipinski definition) is 4. The second-order valence-electron chi connectivity index (χ2n) is 5.30. The first-order valence-electron chi connectivity index (χ1n) is 6.55. The fourth-order valence-corrected chi connectivity index (χ4v) is 2.71. The molecule has 104 valence electrons. The summed E-state index contributed by atoms with van der Waals surface area (Å²) in [6.07, 6.45) is 2.09. The Kier molecular flexibility index (Phi) is 4.24. The van der Waals surface area contributed by atoms with Crippen molar-refractivity contribution < 1.29 is 4.92 Å². The molecule has 1 aromatic heterocycles. The molecule has 0 saturated carbocycles. The van der Waals surface area contributed by atoms with E-state index >= 15 is 0 Å². The smallest absolute Gasteiger partial charge is 0.311 e. The molecule has 0 unspecified atom stereocenters. The number of piperidine rings is 1. The molecule has 6 heteroatoms. The Hall–Kier alpha value is -1.36. The number of nitro groups is 1. The van der Waals surface area contributed by atoms with Crippen molar-refractivity contribution in [2.45, 2.75) is 26.7 Å². The van der Waals surface area contributed by atoms with Crippen LogP contribution < -0.4 is 4.90 Å². The minimum Gasteiger partial charge on any atom is -0.351 e. The zero-order valence-electron chi connectivity index (χ0n) is 11.2. The van der Waals surface area contributed by atoms with Crippen molar-refractivity contribution in [1.29, 1.82) is 0 Å². The number of aromatic nitrogens is 1. The summed E-state index contributed by atoms with van der Waals surface area (Å²) >= 11 is 5.86. The molecule has 1 aromatic rings. The zero-order valence-corrected chi connectivity index (χ0v) is 11.9. The van der Waals surface area contributed by atoms with Crippen LogP contribution in [-0.4, -0.2) is 23.0 Å². The largest absolute Gasteiger partial charge is 0.351 e. The topological polar surface area (TPSA) is 59.3 Å². The monoisotopic (exact) mass is 283 g/mol. The summed E-state index contributed by atoms with van der Waals surface area (Å²) in [6.45, 7) is 6.05. The SMILES string of the molecule is CC(C)C1CCN(c2nc(Cl)ccc2[N+](=O)[O-])CC1. The Morgan fingerprint density at radius 1 is 1.42 bits per heavy atom. The highest BCUT2D eigenvalue weighted by molar-refractivity contribution is 6.29. The van der Waals surface area contributed by atoms with Gasteiger partial charge in [0.2, 0.25) is 5.82 Å². The molecule has 19 heavy (non-hydrogen) atoms. The third kappa shape index (κ3) is 3.15. The molecule has 0 bridgehead atoms. The first-order chi connectivity index (χ1) is 8.99. The molecule has 0 aromatic carbocycles. The Morgan fingerprint density at radius 3 is 2.58 bits per heavy atom. The molecule has 0 aliphatic carbocycles. The molecule has 1 saturated heterocycles. The lowest BCUT2D eigenvalue weighted by Gasteiger charge is -2.34. The molecule has 0 radical (unpaired) electrons. The normalized spacial score (nSPS) is 16.9. The number of anilines is 1. The van der Waals surface area contributed by atoms with Crippen LogP contribution in [0, 0.1) is 22.0 Å². The summed E-state index contributed by atoms with van der Waals surface area (Å²) in [5.74, 6) is 1.75. The van der Waals surface area contributed by atoms with Gasteiger partial charge in [0.05, 0.1) is 4.92 Å². The van der Waals surface area contributed by atoms with Crippen LogP contribution in [0.2, 0.25) is 5.15 Å². The van der Waals surface area contributed by atoms with Gasteiger partial charge in [-0.1, -0.05) is 25.4 Å². The molecule has 0 N–H and O–H groups in total. The van der Waals surface area contributed by atoms with Crippen LogP contribution >= 0.6 is 11.6 Å². The van der Waals surface area contributed by atoms with Gasteiger partial charge in [0.15, 0.2) is 0 Å². The van der Waals surface area contributed by atoms with E-state index in [1.54, 1.807) is 0 Å². The van der Waals surface area contributed by atoms with Crippen molar-refractivity contribution in [1.82, 2.24) is 4.98 Å². The number of rotatable bonds is 3. The summed E-state index contributed by atoms with van der Waals surface area (Å²) in [6, 6.07) is 2.89. The predicted octanol–water partition coefficient (Wildman–Crippen LogP) is 3.52. The molecule has 2 rings (SSSR count). The van der Waals surface area contributed by atoms with E-state index in [2.05, 4.69) is 18.8 Å². The third-order valence-electron chi connectivity index (χ3n) is 3.80. The minimum atomic E-state index is -0.396. The highest BCUT2D eigenvalue weighted by Crippen LogP contribution is 2.32. The fraction of sp³-hybridized carbons (Fsp3) is 0.615. The van der Waals surface area contributed by atoms with Crippen molar-refractivity contribution >= 4 is 23.1 Å². The van der Waals surface area contributed by atoms with E-state index in [9.17, 15) is 10.1 Å². The van der Waals surface area contributed by atoms with E-state index in [4.69, 9.17) is 11.6 Å². The zero-order chi connectivity index (χ0) is 14.0.